The average molecular weight is 282 g/mol. The monoisotopic (exact) mass is 281 g/mol. The second kappa shape index (κ2) is 4.99. The van der Waals surface area contributed by atoms with Crippen LogP contribution in [0, 0.1) is 11.3 Å². The SMILES string of the molecule is Cn1c(Cc2ccccc2Cl)nc2cc(C#N)ccc21. The lowest BCUT2D eigenvalue weighted by molar-refractivity contribution is 0.845. The number of hydrogen-bond donors (Lipinski definition) is 0. The van der Waals surface area contributed by atoms with E-state index in [2.05, 4.69) is 11.1 Å². The van der Waals surface area contributed by atoms with Gasteiger partial charge in [-0.2, -0.15) is 5.26 Å². The van der Waals surface area contributed by atoms with E-state index in [0.29, 0.717) is 12.0 Å². The zero-order valence-electron chi connectivity index (χ0n) is 11.0. The summed E-state index contributed by atoms with van der Waals surface area (Å²) in [5.41, 5.74) is 3.53. The van der Waals surface area contributed by atoms with Gasteiger partial charge in [-0.3, -0.25) is 0 Å². The van der Waals surface area contributed by atoms with Crippen LogP contribution in [0.5, 0.6) is 0 Å². The fraction of sp³-hybridized carbons (Fsp3) is 0.125. The molecule has 1 aromatic heterocycles. The van der Waals surface area contributed by atoms with Crippen molar-refractivity contribution in [3.63, 3.8) is 0 Å². The Hall–Kier alpha value is -2.31. The highest BCUT2D eigenvalue weighted by molar-refractivity contribution is 6.31. The third-order valence-corrected chi connectivity index (χ3v) is 3.78. The lowest BCUT2D eigenvalue weighted by Gasteiger charge is -2.04. The van der Waals surface area contributed by atoms with Crippen LogP contribution in [-0.2, 0) is 13.5 Å². The third-order valence-electron chi connectivity index (χ3n) is 3.41. The summed E-state index contributed by atoms with van der Waals surface area (Å²) in [5.74, 6) is 0.934. The predicted molar refractivity (Wildman–Crippen MR) is 79.7 cm³/mol. The van der Waals surface area contributed by atoms with E-state index >= 15 is 0 Å². The summed E-state index contributed by atoms with van der Waals surface area (Å²) < 4.78 is 2.04. The molecule has 98 valence electrons. The number of hydrogen-bond acceptors (Lipinski definition) is 2. The van der Waals surface area contributed by atoms with E-state index in [4.69, 9.17) is 16.9 Å². The molecule has 0 spiro atoms. The molecule has 0 atom stereocenters. The van der Waals surface area contributed by atoms with Crippen LogP contribution in [0.15, 0.2) is 42.5 Å². The Labute approximate surface area is 122 Å². The molecule has 4 heteroatoms. The molecule has 20 heavy (non-hydrogen) atoms. The van der Waals surface area contributed by atoms with Gasteiger partial charge in [0.1, 0.15) is 5.82 Å². The highest BCUT2D eigenvalue weighted by Gasteiger charge is 2.10. The number of halogens is 1. The second-order valence-electron chi connectivity index (χ2n) is 4.67. The summed E-state index contributed by atoms with van der Waals surface area (Å²) in [5, 5.41) is 9.69. The Kier molecular flexibility index (Phi) is 3.17. The molecule has 0 unspecified atom stereocenters. The van der Waals surface area contributed by atoms with Gasteiger partial charge in [-0.25, -0.2) is 4.98 Å². The van der Waals surface area contributed by atoms with Crippen molar-refractivity contribution < 1.29 is 0 Å². The van der Waals surface area contributed by atoms with Crippen LogP contribution in [0.25, 0.3) is 11.0 Å². The van der Waals surface area contributed by atoms with E-state index in [1.807, 2.05) is 54.1 Å². The molecular formula is C16H12ClN3. The van der Waals surface area contributed by atoms with E-state index in [-0.39, 0.29) is 0 Å². The number of benzene rings is 2. The van der Waals surface area contributed by atoms with Crippen molar-refractivity contribution in [2.24, 2.45) is 7.05 Å². The number of nitriles is 1. The lowest BCUT2D eigenvalue weighted by atomic mass is 10.1. The highest BCUT2D eigenvalue weighted by Crippen LogP contribution is 2.22. The average Bonchev–Trinajstić information content (AvgIpc) is 2.77. The maximum absolute atomic E-state index is 8.94. The zero-order chi connectivity index (χ0) is 14.1. The number of rotatable bonds is 2. The van der Waals surface area contributed by atoms with Gasteiger partial charge in [0, 0.05) is 18.5 Å². The van der Waals surface area contributed by atoms with Crippen molar-refractivity contribution in [1.29, 1.82) is 5.26 Å². The molecule has 0 N–H and O–H groups in total. The molecule has 1 heterocycles. The van der Waals surface area contributed by atoms with Gasteiger partial charge < -0.3 is 4.57 Å². The van der Waals surface area contributed by atoms with E-state index in [9.17, 15) is 0 Å². The normalized spacial score (nSPS) is 10.7. The Morgan fingerprint density at radius 3 is 2.80 bits per heavy atom. The van der Waals surface area contributed by atoms with Crippen molar-refractivity contribution in [2.45, 2.75) is 6.42 Å². The van der Waals surface area contributed by atoms with E-state index in [1.54, 1.807) is 0 Å². The fourth-order valence-corrected chi connectivity index (χ4v) is 2.49. The molecule has 2 aromatic carbocycles. The predicted octanol–water partition coefficient (Wildman–Crippen LogP) is 3.69. The summed E-state index contributed by atoms with van der Waals surface area (Å²) >= 11 is 6.19. The molecule has 3 aromatic rings. The first-order chi connectivity index (χ1) is 9.69. The van der Waals surface area contributed by atoms with Crippen LogP contribution in [0.2, 0.25) is 5.02 Å². The van der Waals surface area contributed by atoms with Crippen LogP contribution in [-0.4, -0.2) is 9.55 Å². The van der Waals surface area contributed by atoms with Gasteiger partial charge in [-0.15, -0.1) is 0 Å². The maximum Gasteiger partial charge on any atom is 0.114 e. The van der Waals surface area contributed by atoms with Gasteiger partial charge in [-0.05, 0) is 29.8 Å². The number of fused-ring (bicyclic) bond motifs is 1. The van der Waals surface area contributed by atoms with Gasteiger partial charge in [0.15, 0.2) is 0 Å². The maximum atomic E-state index is 8.94. The Morgan fingerprint density at radius 2 is 2.05 bits per heavy atom. The molecule has 0 saturated heterocycles. The fourth-order valence-electron chi connectivity index (χ4n) is 2.29. The van der Waals surface area contributed by atoms with Crippen LogP contribution in [0.3, 0.4) is 0 Å². The number of nitrogens with zero attached hydrogens (tertiary/aromatic N) is 3. The number of imidazole rings is 1. The van der Waals surface area contributed by atoms with E-state index in [1.165, 1.54) is 0 Å². The molecule has 0 radical (unpaired) electrons. The van der Waals surface area contributed by atoms with Gasteiger partial charge in [0.25, 0.3) is 0 Å². The van der Waals surface area contributed by atoms with Crippen molar-refractivity contribution in [3.05, 3.63) is 64.4 Å². The Balaban J connectivity index is 2.07. The van der Waals surface area contributed by atoms with Crippen molar-refractivity contribution in [3.8, 4) is 6.07 Å². The first-order valence-corrected chi connectivity index (χ1v) is 6.65. The molecule has 3 rings (SSSR count). The van der Waals surface area contributed by atoms with Crippen LogP contribution in [0.1, 0.15) is 17.0 Å². The molecule has 0 amide bonds. The minimum atomic E-state index is 0.625. The molecule has 0 fully saturated rings. The molecule has 0 aliphatic carbocycles. The molecule has 3 nitrogen and oxygen atoms in total. The smallest absolute Gasteiger partial charge is 0.114 e. The molecule has 0 aliphatic rings. The first-order valence-electron chi connectivity index (χ1n) is 6.28. The first kappa shape index (κ1) is 12.7. The summed E-state index contributed by atoms with van der Waals surface area (Å²) in [6, 6.07) is 15.5. The third kappa shape index (κ3) is 2.15. The summed E-state index contributed by atoms with van der Waals surface area (Å²) in [6.07, 6.45) is 0.673. The van der Waals surface area contributed by atoms with Crippen LogP contribution in [0.4, 0.5) is 0 Å². The summed E-state index contributed by atoms with van der Waals surface area (Å²) in [7, 11) is 1.98. The number of aryl methyl sites for hydroxylation is 1. The zero-order valence-corrected chi connectivity index (χ0v) is 11.7. The molecule has 0 bridgehead atoms. The minimum absolute atomic E-state index is 0.625. The molecule has 0 aliphatic heterocycles. The largest absolute Gasteiger partial charge is 0.331 e. The summed E-state index contributed by atoms with van der Waals surface area (Å²) in [6.45, 7) is 0. The standard InChI is InChI=1S/C16H12ClN3/c1-20-15-7-6-11(10-18)8-14(15)19-16(20)9-12-4-2-3-5-13(12)17/h2-8H,9H2,1H3. The molecule has 0 saturated carbocycles. The quantitative estimate of drug-likeness (QED) is 0.719. The van der Waals surface area contributed by atoms with E-state index in [0.717, 1.165) is 27.4 Å². The topological polar surface area (TPSA) is 41.6 Å². The van der Waals surface area contributed by atoms with Gasteiger partial charge in [0.05, 0.1) is 22.7 Å². The number of aromatic nitrogens is 2. The van der Waals surface area contributed by atoms with Crippen LogP contribution < -0.4 is 0 Å². The second-order valence-corrected chi connectivity index (χ2v) is 5.08. The van der Waals surface area contributed by atoms with Crippen molar-refractivity contribution in [1.82, 2.24) is 9.55 Å². The van der Waals surface area contributed by atoms with Crippen molar-refractivity contribution in [2.75, 3.05) is 0 Å². The van der Waals surface area contributed by atoms with Gasteiger partial charge in [-0.1, -0.05) is 29.8 Å². The van der Waals surface area contributed by atoms with Crippen molar-refractivity contribution >= 4 is 22.6 Å². The Bertz CT molecular complexity index is 827. The lowest BCUT2D eigenvalue weighted by Crippen LogP contribution is -1.99. The van der Waals surface area contributed by atoms with Crippen LogP contribution >= 0.6 is 11.6 Å². The molecular weight excluding hydrogens is 270 g/mol. The van der Waals surface area contributed by atoms with E-state index < -0.39 is 0 Å². The Morgan fingerprint density at radius 1 is 1.25 bits per heavy atom. The minimum Gasteiger partial charge on any atom is -0.331 e. The highest BCUT2D eigenvalue weighted by atomic mass is 35.5. The van der Waals surface area contributed by atoms with Gasteiger partial charge in [0.2, 0.25) is 0 Å². The summed E-state index contributed by atoms with van der Waals surface area (Å²) in [4.78, 5) is 4.61. The van der Waals surface area contributed by atoms with Gasteiger partial charge >= 0.3 is 0 Å².